The summed E-state index contributed by atoms with van der Waals surface area (Å²) in [6.07, 6.45) is -3.68. The molecule has 0 atom stereocenters. The highest BCUT2D eigenvalue weighted by atomic mass is 19.4. The number of aromatic nitrogens is 2. The van der Waals surface area contributed by atoms with Gasteiger partial charge in [-0.05, 0) is 25.0 Å². The first-order valence-electron chi connectivity index (χ1n) is 5.79. The van der Waals surface area contributed by atoms with Gasteiger partial charge in [0.2, 0.25) is 0 Å². The molecule has 2 rings (SSSR count). The van der Waals surface area contributed by atoms with Crippen molar-refractivity contribution >= 4 is 5.84 Å². The van der Waals surface area contributed by atoms with Crippen molar-refractivity contribution in [3.8, 4) is 5.69 Å². The second-order valence-corrected chi connectivity index (χ2v) is 4.47. The minimum absolute atomic E-state index is 0.354. The topological polar surface area (TPSA) is 67.7 Å². The molecule has 0 aliphatic carbocycles. The van der Waals surface area contributed by atoms with E-state index < -0.39 is 23.3 Å². The monoisotopic (exact) mass is 282 g/mol. The summed E-state index contributed by atoms with van der Waals surface area (Å²) in [5.41, 5.74) is 5.44. The van der Waals surface area contributed by atoms with E-state index in [2.05, 4.69) is 5.10 Å². The van der Waals surface area contributed by atoms with Gasteiger partial charge in [-0.2, -0.15) is 18.3 Å². The maximum absolute atomic E-state index is 13.2. The molecule has 0 saturated heterocycles. The summed E-state index contributed by atoms with van der Waals surface area (Å²) in [5, 5.41) is 11.0. The Morgan fingerprint density at radius 1 is 1.25 bits per heavy atom. The van der Waals surface area contributed by atoms with Crippen LogP contribution in [0.4, 0.5) is 13.2 Å². The molecule has 0 fully saturated rings. The first-order valence-corrected chi connectivity index (χ1v) is 5.79. The molecule has 0 aliphatic rings. The number of nitrogens with zero attached hydrogens (tertiary/aromatic N) is 2. The Morgan fingerprint density at radius 3 is 2.25 bits per heavy atom. The maximum atomic E-state index is 13.2. The number of nitrogens with two attached hydrogens (primary N) is 1. The van der Waals surface area contributed by atoms with E-state index in [1.807, 2.05) is 0 Å². The second-order valence-electron chi connectivity index (χ2n) is 4.47. The highest BCUT2D eigenvalue weighted by Crippen LogP contribution is 2.34. The first kappa shape index (κ1) is 14.1. The highest BCUT2D eigenvalue weighted by Gasteiger charge is 2.39. The van der Waals surface area contributed by atoms with Gasteiger partial charge in [0.1, 0.15) is 5.84 Å². The fourth-order valence-corrected chi connectivity index (χ4v) is 2.13. The Balaban J connectivity index is 2.80. The number of amidine groups is 1. The maximum Gasteiger partial charge on any atom is 0.434 e. The average molecular weight is 282 g/mol. The number of nitrogen functional groups attached to an aromatic ring is 1. The second kappa shape index (κ2) is 4.66. The quantitative estimate of drug-likeness (QED) is 0.657. The van der Waals surface area contributed by atoms with Gasteiger partial charge in [-0.1, -0.05) is 18.2 Å². The van der Waals surface area contributed by atoms with Crippen molar-refractivity contribution in [3.63, 3.8) is 0 Å². The minimum Gasteiger partial charge on any atom is -0.384 e. The number of aryl methyl sites for hydroxylation is 2. The van der Waals surface area contributed by atoms with E-state index in [9.17, 15) is 13.2 Å². The zero-order valence-electron chi connectivity index (χ0n) is 10.9. The average Bonchev–Trinajstić information content (AvgIpc) is 2.73. The van der Waals surface area contributed by atoms with Crippen LogP contribution in [0, 0.1) is 19.3 Å². The molecule has 0 spiro atoms. The van der Waals surface area contributed by atoms with Crippen molar-refractivity contribution in [2.75, 3.05) is 0 Å². The Hall–Kier alpha value is -2.31. The molecule has 2 aromatic rings. The third kappa shape index (κ3) is 2.26. The molecule has 0 amide bonds. The smallest absolute Gasteiger partial charge is 0.384 e. The van der Waals surface area contributed by atoms with Crippen molar-refractivity contribution < 1.29 is 13.2 Å². The van der Waals surface area contributed by atoms with E-state index in [1.54, 1.807) is 32.0 Å². The van der Waals surface area contributed by atoms with Crippen LogP contribution in [0.25, 0.3) is 5.69 Å². The van der Waals surface area contributed by atoms with Gasteiger partial charge < -0.3 is 5.73 Å². The lowest BCUT2D eigenvalue weighted by atomic mass is 10.1. The first-order chi connectivity index (χ1) is 9.23. The molecule has 106 valence electrons. The number of rotatable bonds is 2. The molecule has 0 bridgehead atoms. The molecule has 20 heavy (non-hydrogen) atoms. The fourth-order valence-electron chi connectivity index (χ4n) is 2.13. The van der Waals surface area contributed by atoms with Crippen molar-refractivity contribution in [3.05, 3.63) is 46.8 Å². The van der Waals surface area contributed by atoms with Crippen LogP contribution in [0.2, 0.25) is 0 Å². The summed E-state index contributed by atoms with van der Waals surface area (Å²) in [7, 11) is 0. The van der Waals surface area contributed by atoms with Gasteiger partial charge in [0.15, 0.2) is 5.69 Å². The van der Waals surface area contributed by atoms with Gasteiger partial charge in [0.05, 0.1) is 17.4 Å². The third-order valence-corrected chi connectivity index (χ3v) is 2.98. The van der Waals surface area contributed by atoms with Crippen LogP contribution in [0.3, 0.4) is 0 Å². The summed E-state index contributed by atoms with van der Waals surface area (Å²) in [6.45, 7) is 3.41. The van der Waals surface area contributed by atoms with Crippen LogP contribution >= 0.6 is 0 Å². The zero-order chi connectivity index (χ0) is 15.1. The predicted octanol–water partition coefficient (Wildman–Crippen LogP) is 2.79. The van der Waals surface area contributed by atoms with Gasteiger partial charge in [-0.25, -0.2) is 4.68 Å². The molecular formula is C13H13F3N4. The molecule has 0 unspecified atom stereocenters. The molecule has 0 aliphatic heterocycles. The fraction of sp³-hybridized carbons (Fsp3) is 0.231. The van der Waals surface area contributed by atoms with Gasteiger partial charge in [-0.3, -0.25) is 5.41 Å². The molecule has 4 nitrogen and oxygen atoms in total. The zero-order valence-corrected chi connectivity index (χ0v) is 10.9. The Bertz CT molecular complexity index is 650. The van der Waals surface area contributed by atoms with E-state index in [1.165, 1.54) is 0 Å². The normalized spacial score (nSPS) is 11.7. The van der Waals surface area contributed by atoms with Crippen LogP contribution in [0.1, 0.15) is 22.4 Å². The summed E-state index contributed by atoms with van der Waals surface area (Å²) < 4.78 is 40.5. The van der Waals surface area contributed by atoms with E-state index >= 15 is 0 Å². The van der Waals surface area contributed by atoms with Gasteiger partial charge in [0, 0.05) is 0 Å². The molecule has 1 aromatic carbocycles. The molecule has 7 heteroatoms. The van der Waals surface area contributed by atoms with Gasteiger partial charge in [0.25, 0.3) is 0 Å². The number of hydrogen-bond donors (Lipinski definition) is 2. The lowest BCUT2D eigenvalue weighted by Gasteiger charge is -2.15. The number of benzene rings is 1. The van der Waals surface area contributed by atoms with Crippen LogP contribution in [-0.4, -0.2) is 15.6 Å². The highest BCUT2D eigenvalue weighted by molar-refractivity contribution is 5.96. The largest absolute Gasteiger partial charge is 0.434 e. The van der Waals surface area contributed by atoms with Crippen molar-refractivity contribution in [1.29, 1.82) is 5.41 Å². The third-order valence-electron chi connectivity index (χ3n) is 2.98. The summed E-state index contributed by atoms with van der Waals surface area (Å²) >= 11 is 0. The summed E-state index contributed by atoms with van der Waals surface area (Å²) in [6, 6.07) is 5.17. The van der Waals surface area contributed by atoms with Gasteiger partial charge in [-0.15, -0.1) is 0 Å². The van der Waals surface area contributed by atoms with E-state index in [4.69, 9.17) is 11.1 Å². The lowest BCUT2D eigenvalue weighted by Crippen LogP contribution is -2.21. The predicted molar refractivity (Wildman–Crippen MR) is 69.1 cm³/mol. The van der Waals surface area contributed by atoms with Crippen molar-refractivity contribution in [1.82, 2.24) is 9.78 Å². The van der Waals surface area contributed by atoms with Crippen molar-refractivity contribution in [2.45, 2.75) is 20.0 Å². The Kier molecular flexibility index (Phi) is 3.29. The Morgan fingerprint density at radius 2 is 1.80 bits per heavy atom. The van der Waals surface area contributed by atoms with Crippen LogP contribution < -0.4 is 5.73 Å². The van der Waals surface area contributed by atoms with E-state index in [0.29, 0.717) is 16.8 Å². The minimum atomic E-state index is -4.65. The number of nitrogens with one attached hydrogen (secondary N) is 1. The van der Waals surface area contributed by atoms with E-state index in [-0.39, 0.29) is 0 Å². The van der Waals surface area contributed by atoms with E-state index in [0.717, 1.165) is 10.9 Å². The van der Waals surface area contributed by atoms with Crippen LogP contribution in [0.15, 0.2) is 24.4 Å². The molecule has 1 heterocycles. The number of hydrogen-bond acceptors (Lipinski definition) is 2. The molecule has 0 saturated carbocycles. The number of alkyl halides is 3. The molecular weight excluding hydrogens is 269 g/mol. The summed E-state index contributed by atoms with van der Waals surface area (Å²) in [5.74, 6) is -0.658. The lowest BCUT2D eigenvalue weighted by molar-refractivity contribution is -0.142. The number of para-hydroxylation sites is 1. The SMILES string of the molecule is Cc1cccc(C)c1-n1ncc(C(=N)N)c1C(F)(F)F. The van der Waals surface area contributed by atoms with Crippen molar-refractivity contribution in [2.24, 2.45) is 5.73 Å². The summed E-state index contributed by atoms with van der Waals surface area (Å²) in [4.78, 5) is 0. The van der Waals surface area contributed by atoms with Gasteiger partial charge >= 0.3 is 6.18 Å². The molecule has 1 aromatic heterocycles. The standard InChI is InChI=1S/C13H13F3N4/c1-7-4-3-5-8(2)10(7)20-11(13(14,15)16)9(6-19-20)12(17)18/h3-6H,1-2H3,(H3,17,18). The molecule has 0 radical (unpaired) electrons. The Labute approximate surface area is 113 Å². The van der Waals surface area contributed by atoms with Crippen LogP contribution in [-0.2, 0) is 6.18 Å². The number of halogens is 3. The molecule has 3 N–H and O–H groups in total. The van der Waals surface area contributed by atoms with Crippen LogP contribution in [0.5, 0.6) is 0 Å².